The molecule has 0 amide bonds. The Morgan fingerprint density at radius 1 is 1.33 bits per heavy atom. The Balaban J connectivity index is 3.72. The molecular formula is C9H21NO2. The summed E-state index contributed by atoms with van der Waals surface area (Å²) in [5.74, 6) is 0. The van der Waals surface area contributed by atoms with Crippen molar-refractivity contribution in [3.05, 3.63) is 0 Å². The van der Waals surface area contributed by atoms with Crippen LogP contribution in [0.15, 0.2) is 0 Å². The zero-order valence-corrected chi connectivity index (χ0v) is 8.30. The second-order valence-corrected chi connectivity index (χ2v) is 3.40. The predicted octanol–water partition coefficient (Wildman–Crippen LogP) is 0.508. The topological polar surface area (TPSA) is 52.5 Å². The number of hydrogen-bond acceptors (Lipinski definition) is 3. The Morgan fingerprint density at radius 3 is 2.17 bits per heavy atom. The molecule has 0 fully saturated rings. The van der Waals surface area contributed by atoms with Crippen LogP contribution in [0.1, 0.15) is 33.6 Å². The van der Waals surface area contributed by atoms with Crippen molar-refractivity contribution in [2.45, 2.75) is 45.3 Å². The molecule has 3 N–H and O–H groups in total. The van der Waals surface area contributed by atoms with Crippen LogP contribution in [0.4, 0.5) is 0 Å². The molecule has 0 aliphatic carbocycles. The quantitative estimate of drug-likeness (QED) is 0.551. The van der Waals surface area contributed by atoms with E-state index in [2.05, 4.69) is 5.32 Å². The second kappa shape index (κ2) is 5.51. The van der Waals surface area contributed by atoms with E-state index >= 15 is 0 Å². The van der Waals surface area contributed by atoms with E-state index in [0.29, 0.717) is 6.54 Å². The van der Waals surface area contributed by atoms with Crippen LogP contribution in [-0.4, -0.2) is 35.0 Å². The van der Waals surface area contributed by atoms with Gasteiger partial charge < -0.3 is 15.5 Å². The zero-order chi connectivity index (χ0) is 9.61. The number of hydrogen-bond donors (Lipinski definition) is 3. The van der Waals surface area contributed by atoms with Crippen LogP contribution < -0.4 is 5.32 Å². The van der Waals surface area contributed by atoms with Crippen molar-refractivity contribution in [1.29, 1.82) is 0 Å². The van der Waals surface area contributed by atoms with Crippen LogP contribution in [0.2, 0.25) is 0 Å². The van der Waals surface area contributed by atoms with Gasteiger partial charge in [-0.25, -0.2) is 0 Å². The highest BCUT2D eigenvalue weighted by atomic mass is 16.3. The van der Waals surface area contributed by atoms with E-state index in [1.165, 1.54) is 0 Å². The SMILES string of the molecule is CCC(O)(CC)CNC(C)CO. The van der Waals surface area contributed by atoms with Crippen LogP contribution in [0.5, 0.6) is 0 Å². The molecule has 74 valence electrons. The highest BCUT2D eigenvalue weighted by molar-refractivity contribution is 4.78. The molecule has 1 atom stereocenters. The van der Waals surface area contributed by atoms with E-state index in [0.717, 1.165) is 12.8 Å². The van der Waals surface area contributed by atoms with Gasteiger partial charge in [0.2, 0.25) is 0 Å². The predicted molar refractivity (Wildman–Crippen MR) is 50.1 cm³/mol. The Morgan fingerprint density at radius 2 is 1.83 bits per heavy atom. The van der Waals surface area contributed by atoms with Crippen molar-refractivity contribution < 1.29 is 10.2 Å². The average molecular weight is 175 g/mol. The van der Waals surface area contributed by atoms with Crippen molar-refractivity contribution in [1.82, 2.24) is 5.32 Å². The van der Waals surface area contributed by atoms with Crippen LogP contribution in [-0.2, 0) is 0 Å². The first-order chi connectivity index (χ1) is 5.58. The molecule has 0 aliphatic heterocycles. The van der Waals surface area contributed by atoms with Crippen molar-refractivity contribution >= 4 is 0 Å². The molecule has 3 heteroatoms. The minimum absolute atomic E-state index is 0.0645. The molecule has 3 nitrogen and oxygen atoms in total. The molecule has 0 aromatic heterocycles. The summed E-state index contributed by atoms with van der Waals surface area (Å²) in [6.07, 6.45) is 1.49. The second-order valence-electron chi connectivity index (χ2n) is 3.40. The minimum atomic E-state index is -0.608. The molecule has 0 aromatic carbocycles. The van der Waals surface area contributed by atoms with Crippen LogP contribution in [0, 0.1) is 0 Å². The Bertz CT molecular complexity index is 113. The van der Waals surface area contributed by atoms with Gasteiger partial charge in [0, 0.05) is 12.6 Å². The molecular weight excluding hydrogens is 154 g/mol. The van der Waals surface area contributed by atoms with Gasteiger partial charge in [-0.3, -0.25) is 0 Å². The van der Waals surface area contributed by atoms with Gasteiger partial charge in [0.25, 0.3) is 0 Å². The normalized spacial score (nSPS) is 14.8. The fourth-order valence-corrected chi connectivity index (χ4v) is 0.929. The molecule has 0 aliphatic rings. The lowest BCUT2D eigenvalue weighted by molar-refractivity contribution is 0.0285. The fraction of sp³-hybridized carbons (Fsp3) is 1.00. The maximum atomic E-state index is 9.83. The summed E-state index contributed by atoms with van der Waals surface area (Å²) in [4.78, 5) is 0. The van der Waals surface area contributed by atoms with Gasteiger partial charge in [-0.15, -0.1) is 0 Å². The summed E-state index contributed by atoms with van der Waals surface area (Å²) in [7, 11) is 0. The lowest BCUT2D eigenvalue weighted by atomic mass is 9.97. The van der Waals surface area contributed by atoms with E-state index in [4.69, 9.17) is 5.11 Å². The fourth-order valence-electron chi connectivity index (χ4n) is 0.929. The van der Waals surface area contributed by atoms with Crippen molar-refractivity contribution in [2.75, 3.05) is 13.2 Å². The first kappa shape index (κ1) is 11.9. The average Bonchev–Trinajstić information content (AvgIpc) is 2.13. The van der Waals surface area contributed by atoms with Crippen molar-refractivity contribution in [3.8, 4) is 0 Å². The molecule has 0 aromatic rings. The third-order valence-corrected chi connectivity index (χ3v) is 2.37. The summed E-state index contributed by atoms with van der Waals surface area (Å²) < 4.78 is 0. The zero-order valence-electron chi connectivity index (χ0n) is 8.30. The molecule has 0 saturated carbocycles. The van der Waals surface area contributed by atoms with Crippen molar-refractivity contribution in [3.63, 3.8) is 0 Å². The maximum absolute atomic E-state index is 9.83. The van der Waals surface area contributed by atoms with Crippen LogP contribution in [0.25, 0.3) is 0 Å². The van der Waals surface area contributed by atoms with Gasteiger partial charge in [0.15, 0.2) is 0 Å². The summed E-state index contributed by atoms with van der Waals surface area (Å²) in [5, 5.41) is 21.6. The summed E-state index contributed by atoms with van der Waals surface area (Å²) in [6, 6.07) is 0.0645. The molecule has 0 bridgehead atoms. The smallest absolute Gasteiger partial charge is 0.0766 e. The number of aliphatic hydroxyl groups is 2. The number of nitrogens with one attached hydrogen (secondary N) is 1. The molecule has 0 radical (unpaired) electrons. The molecule has 0 heterocycles. The van der Waals surface area contributed by atoms with Crippen molar-refractivity contribution in [2.24, 2.45) is 0 Å². The lowest BCUT2D eigenvalue weighted by Gasteiger charge is -2.27. The minimum Gasteiger partial charge on any atom is -0.395 e. The lowest BCUT2D eigenvalue weighted by Crippen LogP contribution is -2.43. The molecule has 1 unspecified atom stereocenters. The molecule has 0 saturated heterocycles. The van der Waals surface area contributed by atoms with Gasteiger partial charge in [-0.1, -0.05) is 13.8 Å². The van der Waals surface area contributed by atoms with Gasteiger partial charge in [-0.05, 0) is 19.8 Å². The van der Waals surface area contributed by atoms with Gasteiger partial charge in [-0.2, -0.15) is 0 Å². The van der Waals surface area contributed by atoms with Crippen LogP contribution in [0.3, 0.4) is 0 Å². The first-order valence-electron chi connectivity index (χ1n) is 4.64. The van der Waals surface area contributed by atoms with E-state index < -0.39 is 5.60 Å². The number of aliphatic hydroxyl groups excluding tert-OH is 1. The summed E-state index contributed by atoms with van der Waals surface area (Å²) in [5.41, 5.74) is -0.608. The van der Waals surface area contributed by atoms with E-state index in [1.807, 2.05) is 20.8 Å². The highest BCUT2D eigenvalue weighted by Gasteiger charge is 2.21. The van der Waals surface area contributed by atoms with Gasteiger partial charge in [0.1, 0.15) is 0 Å². The van der Waals surface area contributed by atoms with Crippen LogP contribution >= 0.6 is 0 Å². The Labute approximate surface area is 74.8 Å². The highest BCUT2D eigenvalue weighted by Crippen LogP contribution is 2.12. The Hall–Kier alpha value is -0.120. The number of rotatable bonds is 6. The van der Waals surface area contributed by atoms with E-state index in [1.54, 1.807) is 0 Å². The summed E-state index contributed by atoms with van der Waals surface area (Å²) >= 11 is 0. The Kier molecular flexibility index (Phi) is 5.46. The maximum Gasteiger partial charge on any atom is 0.0766 e. The third-order valence-electron chi connectivity index (χ3n) is 2.37. The van der Waals surface area contributed by atoms with Gasteiger partial charge in [0.05, 0.1) is 12.2 Å². The third kappa shape index (κ3) is 4.04. The monoisotopic (exact) mass is 175 g/mol. The molecule has 0 rings (SSSR count). The van der Waals surface area contributed by atoms with Gasteiger partial charge >= 0.3 is 0 Å². The molecule has 12 heavy (non-hydrogen) atoms. The largest absolute Gasteiger partial charge is 0.395 e. The van der Waals surface area contributed by atoms with E-state index in [-0.39, 0.29) is 12.6 Å². The summed E-state index contributed by atoms with van der Waals surface area (Å²) in [6.45, 7) is 6.50. The molecule has 0 spiro atoms. The first-order valence-corrected chi connectivity index (χ1v) is 4.64. The standard InChI is InChI=1S/C9H21NO2/c1-4-9(12,5-2)7-10-8(3)6-11/h8,10-12H,4-7H2,1-3H3. The van der Waals surface area contributed by atoms with E-state index in [9.17, 15) is 5.11 Å².